The fourth-order valence-electron chi connectivity index (χ4n) is 5.08. The number of hydrogen-bond donors (Lipinski definition) is 1. The maximum Gasteiger partial charge on any atom is 0.389 e. The smallest absolute Gasteiger partial charge is 0.389 e. The number of Topliss-reactive ketones (excluding diaryl/α,β-unsaturated/α-hetero) is 1. The Bertz CT molecular complexity index is 1720. The second kappa shape index (κ2) is 11.3. The number of benzene rings is 1. The number of allylic oxidation sites excluding steroid dienone is 1. The summed E-state index contributed by atoms with van der Waals surface area (Å²) in [6.07, 6.45) is 1.08. The number of rotatable bonds is 10. The molecule has 2 N–H and O–H groups in total. The van der Waals surface area contributed by atoms with Crippen LogP contribution in [0.25, 0.3) is 22.5 Å². The molecule has 3 heterocycles. The number of nitrogens with two attached hydrogens (primary N) is 1. The summed E-state index contributed by atoms with van der Waals surface area (Å²) in [7, 11) is 0. The first kappa shape index (κ1) is 29.5. The van der Waals surface area contributed by atoms with E-state index in [1.807, 2.05) is 0 Å². The SMILES string of the molecule is N#CCC1(N=CC(=CN)c2cnn3c(-c4cccc(CC(=O)CCC(F)(F)F)c4)cnc3c2)CN(C(=O)C2(C#N)CC2)C1. The number of carbonyl (C=O) groups excluding carboxylic acids is 2. The van der Waals surface area contributed by atoms with Gasteiger partial charge in [-0.2, -0.15) is 28.8 Å². The van der Waals surface area contributed by atoms with Gasteiger partial charge in [-0.25, -0.2) is 9.50 Å². The van der Waals surface area contributed by atoms with Crippen LogP contribution in [-0.2, 0) is 16.0 Å². The zero-order valence-corrected chi connectivity index (χ0v) is 23.0. The largest absolute Gasteiger partial charge is 0.404 e. The molecular weight excluding hydrogens is 561 g/mol. The van der Waals surface area contributed by atoms with E-state index in [0.717, 1.165) is 0 Å². The molecule has 2 aliphatic rings. The van der Waals surface area contributed by atoms with Gasteiger partial charge in [0.05, 0.1) is 43.1 Å². The molecular formula is C30H27F3N8O2. The fourth-order valence-corrected chi connectivity index (χ4v) is 5.08. The number of amides is 1. The molecule has 0 bridgehead atoms. The topological polar surface area (TPSA) is 154 Å². The molecule has 2 aromatic heterocycles. The van der Waals surface area contributed by atoms with E-state index in [0.29, 0.717) is 46.4 Å². The molecule has 1 amide bonds. The first-order valence-electron chi connectivity index (χ1n) is 13.6. The van der Waals surface area contributed by atoms with E-state index in [2.05, 4.69) is 27.2 Å². The Morgan fingerprint density at radius 3 is 2.58 bits per heavy atom. The van der Waals surface area contributed by atoms with Gasteiger partial charge in [-0.3, -0.25) is 14.6 Å². The van der Waals surface area contributed by atoms with Gasteiger partial charge in [-0.1, -0.05) is 18.2 Å². The lowest BCUT2D eigenvalue weighted by Crippen LogP contribution is -2.63. The second-order valence-corrected chi connectivity index (χ2v) is 11.0. The summed E-state index contributed by atoms with van der Waals surface area (Å²) in [5.74, 6) is -0.707. The number of nitriles is 2. The molecule has 10 nitrogen and oxygen atoms in total. The highest BCUT2D eigenvalue weighted by Crippen LogP contribution is 2.48. The lowest BCUT2D eigenvalue weighted by Gasteiger charge is -2.47. The molecule has 0 radical (unpaired) electrons. The number of hydrogen-bond acceptors (Lipinski definition) is 8. The van der Waals surface area contributed by atoms with Crippen molar-refractivity contribution in [1.82, 2.24) is 19.5 Å². The second-order valence-electron chi connectivity index (χ2n) is 11.0. The normalized spacial score (nSPS) is 17.3. The Morgan fingerprint density at radius 1 is 1.16 bits per heavy atom. The number of likely N-dealkylation sites (tertiary alicyclic amines) is 1. The lowest BCUT2D eigenvalue weighted by molar-refractivity contribution is -0.143. The molecule has 0 unspecified atom stereocenters. The highest BCUT2D eigenvalue weighted by Gasteiger charge is 2.57. The van der Waals surface area contributed by atoms with Gasteiger partial charge in [-0.15, -0.1) is 0 Å². The van der Waals surface area contributed by atoms with E-state index >= 15 is 0 Å². The average molecular weight is 589 g/mol. The van der Waals surface area contributed by atoms with Crippen molar-refractivity contribution in [2.45, 2.75) is 50.2 Å². The van der Waals surface area contributed by atoms with Crippen LogP contribution in [0.1, 0.15) is 43.2 Å². The first-order chi connectivity index (χ1) is 20.5. The van der Waals surface area contributed by atoms with Crippen LogP contribution in [0.2, 0.25) is 0 Å². The van der Waals surface area contributed by atoms with Crippen LogP contribution in [0.3, 0.4) is 0 Å². The van der Waals surface area contributed by atoms with Crippen molar-refractivity contribution < 1.29 is 22.8 Å². The van der Waals surface area contributed by atoms with Crippen LogP contribution >= 0.6 is 0 Å². The first-order valence-corrected chi connectivity index (χ1v) is 13.6. The number of alkyl halides is 3. The van der Waals surface area contributed by atoms with E-state index in [1.54, 1.807) is 58.4 Å². The van der Waals surface area contributed by atoms with E-state index in [4.69, 9.17) is 5.73 Å². The summed E-state index contributed by atoms with van der Waals surface area (Å²) in [6, 6.07) is 12.9. The Morgan fingerprint density at radius 2 is 1.93 bits per heavy atom. The molecule has 5 rings (SSSR count). The monoisotopic (exact) mass is 588 g/mol. The van der Waals surface area contributed by atoms with Crippen LogP contribution in [0.5, 0.6) is 0 Å². The van der Waals surface area contributed by atoms with Crippen molar-refractivity contribution in [3.63, 3.8) is 0 Å². The van der Waals surface area contributed by atoms with Gasteiger partial charge in [0.1, 0.15) is 16.7 Å². The molecule has 3 aromatic rings. The summed E-state index contributed by atoms with van der Waals surface area (Å²) < 4.78 is 39.0. The Balaban J connectivity index is 1.30. The van der Waals surface area contributed by atoms with Crippen LogP contribution < -0.4 is 5.73 Å². The van der Waals surface area contributed by atoms with Crippen LogP contribution in [-0.4, -0.2) is 62.2 Å². The minimum atomic E-state index is -4.38. The van der Waals surface area contributed by atoms with Crippen molar-refractivity contribution in [3.05, 3.63) is 60.1 Å². The van der Waals surface area contributed by atoms with Crippen molar-refractivity contribution in [3.8, 4) is 23.4 Å². The summed E-state index contributed by atoms with van der Waals surface area (Å²) >= 11 is 0. The Kier molecular flexibility index (Phi) is 7.76. The number of fused-ring (bicyclic) bond motifs is 1. The maximum absolute atomic E-state index is 12.7. The minimum absolute atomic E-state index is 0.0958. The van der Waals surface area contributed by atoms with Crippen LogP contribution in [0.15, 0.2) is 53.9 Å². The third kappa shape index (κ3) is 6.26. The highest BCUT2D eigenvalue weighted by molar-refractivity contribution is 6.10. The van der Waals surface area contributed by atoms with Gasteiger partial charge in [-0.05, 0) is 30.5 Å². The third-order valence-corrected chi connectivity index (χ3v) is 7.70. The molecule has 0 spiro atoms. The molecule has 1 aliphatic carbocycles. The van der Waals surface area contributed by atoms with Crippen LogP contribution in [0, 0.1) is 28.1 Å². The zero-order chi connectivity index (χ0) is 30.8. The number of carbonyl (C=O) groups is 2. The van der Waals surface area contributed by atoms with Crippen molar-refractivity contribution in [2.75, 3.05) is 13.1 Å². The number of nitrogens with zero attached hydrogens (tertiary/aromatic N) is 7. The predicted molar refractivity (Wildman–Crippen MR) is 150 cm³/mol. The molecule has 0 atom stereocenters. The van der Waals surface area contributed by atoms with Gasteiger partial charge < -0.3 is 10.6 Å². The maximum atomic E-state index is 12.7. The van der Waals surface area contributed by atoms with Gasteiger partial charge in [0.15, 0.2) is 5.65 Å². The van der Waals surface area contributed by atoms with Crippen molar-refractivity contribution in [2.24, 2.45) is 16.1 Å². The predicted octanol–water partition coefficient (Wildman–Crippen LogP) is 4.02. The number of halogens is 3. The van der Waals surface area contributed by atoms with E-state index in [1.165, 1.54) is 6.20 Å². The van der Waals surface area contributed by atoms with E-state index in [-0.39, 0.29) is 31.8 Å². The number of imidazole rings is 1. The van der Waals surface area contributed by atoms with Gasteiger partial charge in [0.2, 0.25) is 5.91 Å². The van der Waals surface area contributed by atoms with Gasteiger partial charge >= 0.3 is 6.18 Å². The summed E-state index contributed by atoms with van der Waals surface area (Å²) in [4.78, 5) is 35.4. The Hall–Kier alpha value is -5.04. The molecule has 1 aliphatic heterocycles. The quantitative estimate of drug-likeness (QED) is 0.351. The van der Waals surface area contributed by atoms with Crippen LogP contribution in [0.4, 0.5) is 13.2 Å². The molecule has 43 heavy (non-hydrogen) atoms. The third-order valence-electron chi connectivity index (χ3n) is 7.70. The zero-order valence-electron chi connectivity index (χ0n) is 23.0. The fraction of sp³-hybridized carbons (Fsp3) is 0.367. The van der Waals surface area contributed by atoms with Crippen molar-refractivity contribution in [1.29, 1.82) is 10.5 Å². The molecule has 1 saturated heterocycles. The van der Waals surface area contributed by atoms with Crippen molar-refractivity contribution >= 4 is 29.1 Å². The highest BCUT2D eigenvalue weighted by atomic mass is 19.4. The molecule has 1 aromatic carbocycles. The van der Waals surface area contributed by atoms with Gasteiger partial charge in [0.25, 0.3) is 0 Å². The Labute approximate surface area is 244 Å². The summed E-state index contributed by atoms with van der Waals surface area (Å²) in [6.45, 7) is 0.482. The number of aromatic nitrogens is 3. The summed E-state index contributed by atoms with van der Waals surface area (Å²) in [5, 5.41) is 23.2. The van der Waals surface area contributed by atoms with E-state index < -0.39 is 35.8 Å². The van der Waals surface area contributed by atoms with E-state index in [9.17, 15) is 33.3 Å². The molecule has 220 valence electrons. The average Bonchev–Trinajstić information content (AvgIpc) is 3.65. The van der Waals surface area contributed by atoms with Gasteiger partial charge in [0, 0.05) is 55.0 Å². The molecule has 2 fully saturated rings. The molecule has 1 saturated carbocycles. The lowest BCUT2D eigenvalue weighted by atomic mass is 9.86. The molecule has 13 heteroatoms. The number of aliphatic imine (C=N–C) groups is 1. The standard InChI is InChI=1S/C30H27F3N8O2/c31-30(32,33)5-4-24(42)11-20-2-1-3-21(10-20)25-16-37-26-12-22(15-39-41(25)26)23(13-35)14-38-29(8-9-34)18-40(19-29)27(43)28(17-36)6-7-28/h1-3,10,12-16H,4-8,11,18-19,35H2. The summed E-state index contributed by atoms with van der Waals surface area (Å²) in [5.41, 5.74) is 7.71. The minimum Gasteiger partial charge on any atom is -0.404 e. The number of ketones is 1.